The van der Waals surface area contributed by atoms with Crippen LogP contribution < -0.4 is 25.7 Å². The molecule has 0 aliphatic heterocycles. The van der Waals surface area contributed by atoms with E-state index < -0.39 is 31.6 Å². The first-order valence-corrected chi connectivity index (χ1v) is 12.6. The number of nitrogens with one attached hydrogen (secondary N) is 2. The van der Waals surface area contributed by atoms with Crippen LogP contribution in [0.2, 0.25) is 0 Å². The third-order valence-corrected chi connectivity index (χ3v) is 5.30. The second-order valence-corrected chi connectivity index (χ2v) is 9.09. The number of primary amides is 1. The number of para-hydroxylation sites is 1. The molecule has 0 bridgehead atoms. The third kappa shape index (κ3) is 11.1. The van der Waals surface area contributed by atoms with Crippen molar-refractivity contribution in [2.45, 2.75) is 32.2 Å². The van der Waals surface area contributed by atoms with Crippen molar-refractivity contribution in [3.05, 3.63) is 59.7 Å². The number of hydrazine groups is 1. The molecule has 0 heterocycles. The average Bonchev–Trinajstić information content (AvgIpc) is 2.82. The summed E-state index contributed by atoms with van der Waals surface area (Å²) in [6.45, 7) is 1.13. The highest BCUT2D eigenvalue weighted by Gasteiger charge is 2.22. The van der Waals surface area contributed by atoms with Crippen LogP contribution in [0.3, 0.4) is 0 Å². The smallest absolute Gasteiger partial charge is 0.484 e. The van der Waals surface area contributed by atoms with Crippen LogP contribution in [0.25, 0.3) is 0 Å². The Labute approximate surface area is 213 Å². The van der Waals surface area contributed by atoms with E-state index in [0.717, 1.165) is 10.6 Å². The number of carbonyl (C=O) groups excluding carboxylic acids is 4. The lowest BCUT2D eigenvalue weighted by Gasteiger charge is -2.23. The van der Waals surface area contributed by atoms with Gasteiger partial charge in [0.05, 0.1) is 0 Å². The van der Waals surface area contributed by atoms with E-state index in [9.17, 15) is 23.7 Å². The molecule has 0 spiro atoms. The topological polar surface area (TPSA) is 198 Å². The Morgan fingerprint density at radius 3 is 2.41 bits per heavy atom. The minimum Gasteiger partial charge on any atom is -0.484 e. The zero-order valence-electron chi connectivity index (χ0n) is 20.0. The maximum atomic E-state index is 12.8. The van der Waals surface area contributed by atoms with E-state index in [1.54, 1.807) is 18.2 Å². The van der Waals surface area contributed by atoms with Crippen LogP contribution in [-0.2, 0) is 36.6 Å². The number of hydrogen-bond donors (Lipinski definition) is 5. The molecule has 6 N–H and O–H groups in total. The van der Waals surface area contributed by atoms with Gasteiger partial charge in [-0.15, -0.1) is 0 Å². The minimum atomic E-state index is -4.71. The lowest BCUT2D eigenvalue weighted by atomic mass is 10.1. The molecule has 2 rings (SSSR count). The molecule has 0 saturated carbocycles. The number of phosphoric ester groups is 1. The molecular formula is C23H29N4O9P. The molecule has 0 aromatic heterocycles. The van der Waals surface area contributed by atoms with Crippen LogP contribution in [0.1, 0.15) is 24.5 Å². The zero-order valence-corrected chi connectivity index (χ0v) is 20.9. The van der Waals surface area contributed by atoms with Gasteiger partial charge in [0.15, 0.2) is 6.61 Å². The number of hydrogen-bond acceptors (Lipinski definition) is 7. The zero-order chi connectivity index (χ0) is 27.4. The van der Waals surface area contributed by atoms with E-state index in [0.29, 0.717) is 30.6 Å². The summed E-state index contributed by atoms with van der Waals surface area (Å²) in [5.41, 5.74) is 8.95. The molecule has 0 radical (unpaired) electrons. The van der Waals surface area contributed by atoms with Gasteiger partial charge in [-0.3, -0.25) is 39.4 Å². The van der Waals surface area contributed by atoms with E-state index in [1.165, 1.54) is 31.2 Å². The predicted octanol–water partition coefficient (Wildman–Crippen LogP) is 0.192. The van der Waals surface area contributed by atoms with Gasteiger partial charge >= 0.3 is 7.82 Å². The maximum Gasteiger partial charge on any atom is 0.524 e. The van der Waals surface area contributed by atoms with Gasteiger partial charge in [-0.05, 0) is 42.2 Å². The van der Waals surface area contributed by atoms with Gasteiger partial charge in [0.25, 0.3) is 11.8 Å². The number of benzene rings is 2. The molecule has 14 heteroatoms. The van der Waals surface area contributed by atoms with Crippen molar-refractivity contribution in [1.82, 2.24) is 15.8 Å². The molecule has 2 aromatic rings. The Kier molecular flexibility index (Phi) is 11.1. The molecule has 1 atom stereocenters. The SMILES string of the molecule is CC(=O)NC(Cc1ccc(OP(=O)(O)O)cc1)C(=O)NN(C=O)CCCc1ccccc1OCC(N)=O. The Hall–Kier alpha value is -3.93. The molecule has 200 valence electrons. The Bertz CT molecular complexity index is 1140. The summed E-state index contributed by atoms with van der Waals surface area (Å²) in [4.78, 5) is 64.8. The van der Waals surface area contributed by atoms with Crippen molar-refractivity contribution in [2.75, 3.05) is 13.2 Å². The van der Waals surface area contributed by atoms with Gasteiger partial charge in [0, 0.05) is 19.9 Å². The molecule has 0 fully saturated rings. The second-order valence-electron chi connectivity index (χ2n) is 7.92. The highest BCUT2D eigenvalue weighted by molar-refractivity contribution is 7.46. The lowest BCUT2D eigenvalue weighted by Crippen LogP contribution is -2.52. The van der Waals surface area contributed by atoms with Crippen molar-refractivity contribution in [2.24, 2.45) is 5.73 Å². The number of ether oxygens (including phenoxy) is 1. The summed E-state index contributed by atoms with van der Waals surface area (Å²) >= 11 is 0. The number of carbonyl (C=O) groups is 4. The van der Waals surface area contributed by atoms with Gasteiger partial charge < -0.3 is 20.3 Å². The average molecular weight is 536 g/mol. The third-order valence-electron chi connectivity index (χ3n) is 4.85. The fourth-order valence-corrected chi connectivity index (χ4v) is 3.70. The van der Waals surface area contributed by atoms with E-state index in [2.05, 4.69) is 15.3 Å². The van der Waals surface area contributed by atoms with E-state index >= 15 is 0 Å². The summed E-state index contributed by atoms with van der Waals surface area (Å²) in [5, 5.41) is 3.58. The maximum absolute atomic E-state index is 12.8. The summed E-state index contributed by atoms with van der Waals surface area (Å²) in [6.07, 6.45) is 1.42. The first-order valence-electron chi connectivity index (χ1n) is 11.1. The molecule has 4 amide bonds. The Morgan fingerprint density at radius 2 is 1.81 bits per heavy atom. The van der Waals surface area contributed by atoms with Crippen molar-refractivity contribution in [3.63, 3.8) is 0 Å². The van der Waals surface area contributed by atoms with Crippen molar-refractivity contribution in [3.8, 4) is 11.5 Å². The summed E-state index contributed by atoms with van der Waals surface area (Å²) in [5.74, 6) is -1.28. The number of phosphoric acid groups is 1. The molecule has 0 aliphatic carbocycles. The highest BCUT2D eigenvalue weighted by atomic mass is 31.2. The lowest BCUT2D eigenvalue weighted by molar-refractivity contribution is -0.136. The molecule has 37 heavy (non-hydrogen) atoms. The Morgan fingerprint density at radius 1 is 1.14 bits per heavy atom. The van der Waals surface area contributed by atoms with Crippen LogP contribution in [0.15, 0.2) is 48.5 Å². The van der Waals surface area contributed by atoms with Crippen LogP contribution in [-0.4, -0.2) is 58.1 Å². The van der Waals surface area contributed by atoms with Crippen molar-refractivity contribution < 1.29 is 42.8 Å². The first kappa shape index (κ1) is 29.3. The molecule has 0 aliphatic rings. The summed E-state index contributed by atoms with van der Waals surface area (Å²) in [6, 6.07) is 11.6. The number of nitrogens with two attached hydrogens (primary N) is 1. The number of amides is 4. The predicted molar refractivity (Wildman–Crippen MR) is 131 cm³/mol. The van der Waals surface area contributed by atoms with E-state index in [-0.39, 0.29) is 25.3 Å². The van der Waals surface area contributed by atoms with Crippen molar-refractivity contribution >= 4 is 32.0 Å². The first-order chi connectivity index (χ1) is 17.5. The number of aryl methyl sites for hydroxylation is 1. The standard InChI is InChI=1S/C23H29N4O9P/c1-16(29)25-20(13-17-8-10-19(11-9-17)36-37(32,33)34)23(31)26-27(15-28)12-4-6-18-5-2-3-7-21(18)35-14-22(24)30/h2-3,5,7-11,15,20H,4,6,12-14H2,1H3,(H2,24,30)(H,25,29)(H,26,31)(H2,32,33,34). The van der Waals surface area contributed by atoms with Crippen LogP contribution in [0.4, 0.5) is 0 Å². The molecule has 0 saturated heterocycles. The summed E-state index contributed by atoms with van der Waals surface area (Å²) < 4.78 is 20.8. The fraction of sp³-hybridized carbons (Fsp3) is 0.304. The fourth-order valence-electron chi connectivity index (χ4n) is 3.31. The molecular weight excluding hydrogens is 507 g/mol. The number of nitrogens with zero attached hydrogens (tertiary/aromatic N) is 1. The summed E-state index contributed by atoms with van der Waals surface area (Å²) in [7, 11) is -4.71. The van der Waals surface area contributed by atoms with Crippen LogP contribution in [0.5, 0.6) is 11.5 Å². The molecule has 2 aromatic carbocycles. The van der Waals surface area contributed by atoms with Crippen LogP contribution >= 0.6 is 7.82 Å². The van der Waals surface area contributed by atoms with Gasteiger partial charge in [-0.2, -0.15) is 0 Å². The van der Waals surface area contributed by atoms with Gasteiger partial charge in [-0.1, -0.05) is 30.3 Å². The highest BCUT2D eigenvalue weighted by Crippen LogP contribution is 2.37. The molecule has 13 nitrogen and oxygen atoms in total. The van der Waals surface area contributed by atoms with Crippen molar-refractivity contribution in [1.29, 1.82) is 0 Å². The number of rotatable bonds is 15. The Balaban J connectivity index is 1.97. The normalized spacial score (nSPS) is 11.6. The monoisotopic (exact) mass is 536 g/mol. The van der Waals surface area contributed by atoms with E-state index in [4.69, 9.17) is 20.3 Å². The minimum absolute atomic E-state index is 0.0406. The van der Waals surface area contributed by atoms with Crippen LogP contribution in [0, 0.1) is 0 Å². The second kappa shape index (κ2) is 14.0. The quantitative estimate of drug-likeness (QED) is 0.120. The van der Waals surface area contributed by atoms with Gasteiger partial charge in [0.1, 0.15) is 17.5 Å². The molecule has 1 unspecified atom stereocenters. The largest absolute Gasteiger partial charge is 0.524 e. The van der Waals surface area contributed by atoms with E-state index in [1.807, 2.05) is 6.07 Å². The van der Waals surface area contributed by atoms with Gasteiger partial charge in [-0.25, -0.2) is 4.57 Å². The van der Waals surface area contributed by atoms with Gasteiger partial charge in [0.2, 0.25) is 12.3 Å².